The van der Waals surface area contributed by atoms with Crippen molar-refractivity contribution < 1.29 is 9.53 Å². The first kappa shape index (κ1) is 20.4. The molecule has 26 heavy (non-hydrogen) atoms. The van der Waals surface area contributed by atoms with Gasteiger partial charge in [0.15, 0.2) is 5.96 Å². The fourth-order valence-corrected chi connectivity index (χ4v) is 3.20. The molecule has 0 spiro atoms. The Morgan fingerprint density at radius 1 is 1.38 bits per heavy atom. The summed E-state index contributed by atoms with van der Waals surface area (Å²) in [5, 5.41) is 7.41. The summed E-state index contributed by atoms with van der Waals surface area (Å²) in [7, 11) is 3.39. The molecule has 0 radical (unpaired) electrons. The third-order valence-electron chi connectivity index (χ3n) is 4.56. The number of piperidine rings is 1. The predicted molar refractivity (Wildman–Crippen MR) is 106 cm³/mol. The van der Waals surface area contributed by atoms with E-state index in [0.29, 0.717) is 17.6 Å². The summed E-state index contributed by atoms with van der Waals surface area (Å²) in [4.78, 5) is 18.3. The van der Waals surface area contributed by atoms with Crippen molar-refractivity contribution in [3.63, 3.8) is 0 Å². The molecule has 1 aromatic rings. The molecule has 1 aliphatic rings. The summed E-state index contributed by atoms with van der Waals surface area (Å²) < 4.78 is 5.37. The van der Waals surface area contributed by atoms with Crippen LogP contribution in [-0.4, -0.2) is 50.1 Å². The van der Waals surface area contributed by atoms with Crippen LogP contribution in [0.3, 0.4) is 0 Å². The van der Waals surface area contributed by atoms with Gasteiger partial charge >= 0.3 is 0 Å². The Kier molecular flexibility index (Phi) is 7.57. The number of methoxy groups -OCH3 is 1. The van der Waals surface area contributed by atoms with Gasteiger partial charge in [-0.25, -0.2) is 0 Å². The zero-order valence-electron chi connectivity index (χ0n) is 16.0. The van der Waals surface area contributed by atoms with E-state index >= 15 is 0 Å². The molecule has 1 aromatic carbocycles. The Morgan fingerprint density at radius 2 is 2.08 bits per heavy atom. The largest absolute Gasteiger partial charge is 0.496 e. The van der Waals surface area contributed by atoms with Crippen LogP contribution in [-0.2, 0) is 11.3 Å². The van der Waals surface area contributed by atoms with Crippen molar-refractivity contribution in [3.05, 3.63) is 28.8 Å². The van der Waals surface area contributed by atoms with E-state index in [1.165, 1.54) is 0 Å². The molecule has 1 fully saturated rings. The zero-order valence-corrected chi connectivity index (χ0v) is 16.8. The maximum Gasteiger partial charge on any atom is 0.225 e. The van der Waals surface area contributed by atoms with E-state index in [0.717, 1.165) is 43.2 Å². The molecule has 0 aliphatic carbocycles. The lowest BCUT2D eigenvalue weighted by Crippen LogP contribution is -2.50. The molecule has 0 aromatic heterocycles. The van der Waals surface area contributed by atoms with Gasteiger partial charge in [-0.15, -0.1) is 0 Å². The van der Waals surface area contributed by atoms with Crippen molar-refractivity contribution >= 4 is 23.5 Å². The van der Waals surface area contributed by atoms with Gasteiger partial charge in [0.1, 0.15) is 5.75 Å². The van der Waals surface area contributed by atoms with Crippen LogP contribution in [0, 0.1) is 5.92 Å². The SMILES string of the molecule is CN=C(NCc1ccc(Cl)cc1OC)NC1CCN(C(=O)C(C)C)CC1. The summed E-state index contributed by atoms with van der Waals surface area (Å²) in [5.41, 5.74) is 1.01. The Morgan fingerprint density at radius 3 is 2.65 bits per heavy atom. The maximum absolute atomic E-state index is 12.1. The molecule has 1 heterocycles. The number of hydrogen-bond donors (Lipinski definition) is 2. The van der Waals surface area contributed by atoms with Crippen molar-refractivity contribution in [2.45, 2.75) is 39.3 Å². The highest BCUT2D eigenvalue weighted by Gasteiger charge is 2.24. The van der Waals surface area contributed by atoms with Crippen LogP contribution in [0.25, 0.3) is 0 Å². The fraction of sp³-hybridized carbons (Fsp3) is 0.579. The molecule has 1 amide bonds. The van der Waals surface area contributed by atoms with Crippen LogP contribution < -0.4 is 15.4 Å². The highest BCUT2D eigenvalue weighted by atomic mass is 35.5. The predicted octanol–water partition coefficient (Wildman–Crippen LogP) is 2.66. The molecular formula is C19H29ClN4O2. The molecule has 0 unspecified atom stereocenters. The molecule has 144 valence electrons. The van der Waals surface area contributed by atoms with Gasteiger partial charge in [0.25, 0.3) is 0 Å². The quantitative estimate of drug-likeness (QED) is 0.608. The van der Waals surface area contributed by atoms with Gasteiger partial charge in [0.05, 0.1) is 7.11 Å². The number of guanidine groups is 1. The standard InChI is InChI=1S/C19H29ClN4O2/c1-13(2)18(25)24-9-7-16(8-10-24)23-19(21-3)22-12-14-5-6-15(20)11-17(14)26-4/h5-6,11,13,16H,7-10,12H2,1-4H3,(H2,21,22,23). The summed E-state index contributed by atoms with van der Waals surface area (Å²) in [6, 6.07) is 5.90. The number of carbonyl (C=O) groups is 1. The molecule has 2 rings (SSSR count). The molecule has 6 nitrogen and oxygen atoms in total. The third-order valence-corrected chi connectivity index (χ3v) is 4.80. The second-order valence-electron chi connectivity index (χ2n) is 6.78. The number of halogens is 1. The lowest BCUT2D eigenvalue weighted by Gasteiger charge is -2.34. The fourth-order valence-electron chi connectivity index (χ4n) is 3.04. The number of ether oxygens (including phenoxy) is 1. The van der Waals surface area contributed by atoms with E-state index in [-0.39, 0.29) is 11.8 Å². The van der Waals surface area contributed by atoms with Crippen LogP contribution in [0.5, 0.6) is 5.75 Å². The van der Waals surface area contributed by atoms with E-state index in [1.807, 2.05) is 30.9 Å². The first-order chi connectivity index (χ1) is 12.4. The first-order valence-electron chi connectivity index (χ1n) is 9.03. The number of nitrogens with one attached hydrogen (secondary N) is 2. The molecule has 2 N–H and O–H groups in total. The zero-order chi connectivity index (χ0) is 19.1. The Balaban J connectivity index is 1.85. The minimum absolute atomic E-state index is 0.0586. The average Bonchev–Trinajstić information content (AvgIpc) is 2.65. The molecule has 0 atom stereocenters. The van der Waals surface area contributed by atoms with E-state index < -0.39 is 0 Å². The molecule has 1 saturated heterocycles. The van der Waals surface area contributed by atoms with Gasteiger partial charge in [0.2, 0.25) is 5.91 Å². The van der Waals surface area contributed by atoms with E-state index in [1.54, 1.807) is 20.2 Å². The molecule has 0 bridgehead atoms. The third kappa shape index (κ3) is 5.53. The minimum Gasteiger partial charge on any atom is -0.496 e. The highest BCUT2D eigenvalue weighted by Crippen LogP contribution is 2.22. The summed E-state index contributed by atoms with van der Waals surface area (Å²) >= 11 is 6.00. The summed E-state index contributed by atoms with van der Waals surface area (Å²) in [6.45, 7) is 6.06. The first-order valence-corrected chi connectivity index (χ1v) is 9.40. The number of aliphatic imine (C=N–C) groups is 1. The van der Waals surface area contributed by atoms with Crippen LogP contribution >= 0.6 is 11.6 Å². The van der Waals surface area contributed by atoms with Gasteiger partial charge < -0.3 is 20.3 Å². The van der Waals surface area contributed by atoms with Crippen LogP contribution in [0.4, 0.5) is 0 Å². The van der Waals surface area contributed by atoms with E-state index in [2.05, 4.69) is 15.6 Å². The summed E-state index contributed by atoms with van der Waals surface area (Å²) in [6.07, 6.45) is 1.84. The number of hydrogen-bond acceptors (Lipinski definition) is 3. The Bertz CT molecular complexity index is 640. The van der Waals surface area contributed by atoms with Crippen LogP contribution in [0.2, 0.25) is 5.02 Å². The average molecular weight is 381 g/mol. The second-order valence-corrected chi connectivity index (χ2v) is 7.22. The van der Waals surface area contributed by atoms with Crippen LogP contribution in [0.15, 0.2) is 23.2 Å². The number of carbonyl (C=O) groups excluding carboxylic acids is 1. The van der Waals surface area contributed by atoms with Crippen molar-refractivity contribution in [1.82, 2.24) is 15.5 Å². The Hall–Kier alpha value is -1.95. The van der Waals surface area contributed by atoms with E-state index in [9.17, 15) is 4.79 Å². The lowest BCUT2D eigenvalue weighted by molar-refractivity contribution is -0.135. The monoisotopic (exact) mass is 380 g/mol. The molecule has 0 saturated carbocycles. The number of nitrogens with zero attached hydrogens (tertiary/aromatic N) is 2. The molecular weight excluding hydrogens is 352 g/mol. The number of rotatable bonds is 5. The maximum atomic E-state index is 12.1. The Labute approximate surface area is 161 Å². The van der Waals surface area contributed by atoms with Crippen molar-refractivity contribution in [2.24, 2.45) is 10.9 Å². The van der Waals surface area contributed by atoms with Crippen LogP contribution in [0.1, 0.15) is 32.3 Å². The highest BCUT2D eigenvalue weighted by molar-refractivity contribution is 6.30. The van der Waals surface area contributed by atoms with Gasteiger partial charge in [-0.2, -0.15) is 0 Å². The second kappa shape index (κ2) is 9.67. The number of benzene rings is 1. The minimum atomic E-state index is 0.0586. The van der Waals surface area contributed by atoms with Gasteiger partial charge in [0, 0.05) is 49.2 Å². The summed E-state index contributed by atoms with van der Waals surface area (Å²) in [5.74, 6) is 1.79. The molecule has 1 aliphatic heterocycles. The normalized spacial score (nSPS) is 15.9. The smallest absolute Gasteiger partial charge is 0.225 e. The number of amides is 1. The van der Waals surface area contributed by atoms with Crippen molar-refractivity contribution in [3.8, 4) is 5.75 Å². The van der Waals surface area contributed by atoms with Gasteiger partial charge in [-0.05, 0) is 25.0 Å². The van der Waals surface area contributed by atoms with Crippen molar-refractivity contribution in [2.75, 3.05) is 27.2 Å². The lowest BCUT2D eigenvalue weighted by atomic mass is 10.0. The van der Waals surface area contributed by atoms with Crippen molar-refractivity contribution in [1.29, 1.82) is 0 Å². The molecule has 7 heteroatoms. The topological polar surface area (TPSA) is 66.0 Å². The van der Waals surface area contributed by atoms with Gasteiger partial charge in [-0.3, -0.25) is 9.79 Å². The van der Waals surface area contributed by atoms with E-state index in [4.69, 9.17) is 16.3 Å². The number of likely N-dealkylation sites (tertiary alicyclic amines) is 1. The van der Waals surface area contributed by atoms with Gasteiger partial charge in [-0.1, -0.05) is 31.5 Å².